The molecule has 4 bridgehead atoms. The first-order valence-corrected chi connectivity index (χ1v) is 11.3. The lowest BCUT2D eigenvalue weighted by Crippen LogP contribution is -2.49. The molecule has 1 aromatic heterocycles. The fourth-order valence-corrected chi connectivity index (χ4v) is 5.87. The standard InChI is InChI=1S/C17H23N5O7S/c1-20-15-10-3-2-9(6-10)14(15)12(18-20)8-28-19-16(23)13-5-4-11-7-21(13)17(24)22(11)29-30(25,26)27/h9-11,13H,2-8H2,1H3,(H,19,23)(H,25,26,27)/t9?,10?,11-,13+/m1/s1. The van der Waals surface area contributed by atoms with Gasteiger partial charge in [-0.15, -0.1) is 4.28 Å². The molecule has 2 saturated heterocycles. The van der Waals surface area contributed by atoms with E-state index < -0.39 is 34.4 Å². The molecule has 13 heteroatoms. The van der Waals surface area contributed by atoms with Crippen LogP contribution in [0, 0.1) is 0 Å². The van der Waals surface area contributed by atoms with E-state index in [0.29, 0.717) is 29.7 Å². The molecule has 4 atom stereocenters. The molecule has 0 aromatic carbocycles. The zero-order valence-electron chi connectivity index (χ0n) is 16.4. The van der Waals surface area contributed by atoms with Crippen molar-refractivity contribution in [1.29, 1.82) is 0 Å². The van der Waals surface area contributed by atoms with Gasteiger partial charge in [-0.1, -0.05) is 0 Å². The highest BCUT2D eigenvalue weighted by atomic mass is 32.3. The molecule has 2 unspecified atom stereocenters. The SMILES string of the molecule is Cn1nc(CONC(=O)[C@@H]2CC[C@@H]3CN2C(=O)N3OS(=O)(=O)O)c2c1C1CCC2C1. The van der Waals surface area contributed by atoms with Crippen LogP contribution in [0.25, 0.3) is 0 Å². The predicted molar refractivity (Wildman–Crippen MR) is 98.9 cm³/mol. The number of aryl methyl sites for hydroxylation is 1. The minimum absolute atomic E-state index is 0.128. The molecule has 2 aliphatic carbocycles. The van der Waals surface area contributed by atoms with Crippen molar-refractivity contribution in [1.82, 2.24) is 25.2 Å². The molecule has 1 aromatic rings. The van der Waals surface area contributed by atoms with E-state index in [9.17, 15) is 18.0 Å². The van der Waals surface area contributed by atoms with Gasteiger partial charge in [0.15, 0.2) is 0 Å². The first-order valence-electron chi connectivity index (χ1n) is 9.97. The van der Waals surface area contributed by atoms with Gasteiger partial charge in [-0.25, -0.2) is 10.3 Å². The number of fused-ring (bicyclic) bond motifs is 7. The van der Waals surface area contributed by atoms with E-state index in [-0.39, 0.29) is 13.2 Å². The average molecular weight is 441 g/mol. The number of carbonyl (C=O) groups excluding carboxylic acids is 2. The Bertz CT molecular complexity index is 1010. The van der Waals surface area contributed by atoms with Crippen molar-refractivity contribution in [3.63, 3.8) is 0 Å². The number of carbonyl (C=O) groups is 2. The van der Waals surface area contributed by atoms with E-state index in [0.717, 1.165) is 18.5 Å². The number of hydroxylamine groups is 3. The number of hydrogen-bond acceptors (Lipinski definition) is 7. The topological polar surface area (TPSA) is 143 Å². The maximum atomic E-state index is 12.6. The van der Waals surface area contributed by atoms with Gasteiger partial charge in [0.25, 0.3) is 5.91 Å². The summed E-state index contributed by atoms with van der Waals surface area (Å²) in [6, 6.07) is -2.14. The molecular weight excluding hydrogens is 418 g/mol. The van der Waals surface area contributed by atoms with Gasteiger partial charge in [0.05, 0.1) is 11.7 Å². The number of rotatable bonds is 6. The molecular formula is C17H23N5O7S. The second-order valence-corrected chi connectivity index (χ2v) is 9.35. The molecule has 30 heavy (non-hydrogen) atoms. The van der Waals surface area contributed by atoms with E-state index in [2.05, 4.69) is 14.9 Å². The van der Waals surface area contributed by atoms with Gasteiger partial charge in [0.1, 0.15) is 12.6 Å². The Morgan fingerprint density at radius 3 is 2.80 bits per heavy atom. The molecule has 2 N–H and O–H groups in total. The average Bonchev–Trinajstić information content (AvgIpc) is 3.42. The van der Waals surface area contributed by atoms with Crippen molar-refractivity contribution in [2.75, 3.05) is 6.54 Å². The number of amides is 3. The zero-order valence-corrected chi connectivity index (χ0v) is 17.2. The molecule has 5 rings (SSSR count). The maximum Gasteiger partial charge on any atom is 0.418 e. The summed E-state index contributed by atoms with van der Waals surface area (Å²) >= 11 is 0. The van der Waals surface area contributed by atoms with Crippen LogP contribution < -0.4 is 5.48 Å². The van der Waals surface area contributed by atoms with Crippen molar-refractivity contribution in [2.45, 2.75) is 62.6 Å². The van der Waals surface area contributed by atoms with E-state index >= 15 is 0 Å². The predicted octanol–water partition coefficient (Wildman–Crippen LogP) is 0.336. The van der Waals surface area contributed by atoms with Crippen LogP contribution in [-0.4, -0.2) is 63.3 Å². The lowest BCUT2D eigenvalue weighted by molar-refractivity contribution is -0.140. The summed E-state index contributed by atoms with van der Waals surface area (Å²) in [5.74, 6) is 0.582. The van der Waals surface area contributed by atoms with E-state index in [1.807, 2.05) is 11.7 Å². The molecule has 3 heterocycles. The second kappa shape index (κ2) is 6.90. The van der Waals surface area contributed by atoms with Crippen LogP contribution in [0.2, 0.25) is 0 Å². The Morgan fingerprint density at radius 2 is 2.03 bits per heavy atom. The van der Waals surface area contributed by atoms with Crippen LogP contribution in [0.5, 0.6) is 0 Å². The van der Waals surface area contributed by atoms with E-state index in [4.69, 9.17) is 9.39 Å². The molecule has 4 aliphatic rings. The largest absolute Gasteiger partial charge is 0.418 e. The highest BCUT2D eigenvalue weighted by molar-refractivity contribution is 7.80. The van der Waals surface area contributed by atoms with Gasteiger partial charge in [0, 0.05) is 30.8 Å². The maximum absolute atomic E-state index is 12.6. The third-order valence-corrected chi connectivity index (χ3v) is 6.96. The monoisotopic (exact) mass is 441 g/mol. The molecule has 164 valence electrons. The van der Waals surface area contributed by atoms with Gasteiger partial charge >= 0.3 is 16.4 Å². The highest BCUT2D eigenvalue weighted by Gasteiger charge is 2.49. The molecule has 0 radical (unpaired) electrons. The summed E-state index contributed by atoms with van der Waals surface area (Å²) in [5.41, 5.74) is 5.75. The van der Waals surface area contributed by atoms with Crippen molar-refractivity contribution in [3.05, 3.63) is 17.0 Å². The quantitative estimate of drug-likeness (QED) is 0.475. The number of piperidine rings is 1. The molecule has 12 nitrogen and oxygen atoms in total. The van der Waals surface area contributed by atoms with Gasteiger partial charge in [-0.3, -0.25) is 18.9 Å². The fourth-order valence-electron chi connectivity index (χ4n) is 5.49. The summed E-state index contributed by atoms with van der Waals surface area (Å²) < 4.78 is 37.0. The summed E-state index contributed by atoms with van der Waals surface area (Å²) in [6.07, 6.45) is 4.18. The number of urea groups is 1. The van der Waals surface area contributed by atoms with Gasteiger partial charge in [-0.2, -0.15) is 18.6 Å². The van der Waals surface area contributed by atoms with Crippen LogP contribution in [0.1, 0.15) is 60.9 Å². The minimum Gasteiger partial charge on any atom is -0.309 e. The first kappa shape index (κ1) is 19.7. The van der Waals surface area contributed by atoms with E-state index in [1.165, 1.54) is 22.6 Å². The Kier molecular flexibility index (Phi) is 4.54. The van der Waals surface area contributed by atoms with Crippen LogP contribution >= 0.6 is 0 Å². The van der Waals surface area contributed by atoms with E-state index in [1.54, 1.807) is 0 Å². The number of nitrogens with zero attached hydrogens (tertiary/aromatic N) is 4. The summed E-state index contributed by atoms with van der Waals surface area (Å²) in [4.78, 5) is 31.6. The van der Waals surface area contributed by atoms with Crippen LogP contribution in [0.15, 0.2) is 0 Å². The number of aromatic nitrogens is 2. The number of hydrogen-bond donors (Lipinski definition) is 2. The molecule has 0 spiro atoms. The van der Waals surface area contributed by atoms with Crippen LogP contribution in [0.3, 0.4) is 0 Å². The highest BCUT2D eigenvalue weighted by Crippen LogP contribution is 2.53. The molecule has 1 saturated carbocycles. The van der Waals surface area contributed by atoms with Crippen molar-refractivity contribution in [3.8, 4) is 0 Å². The Hall–Kier alpha value is -2.22. The molecule has 2 aliphatic heterocycles. The van der Waals surface area contributed by atoms with Gasteiger partial charge < -0.3 is 4.90 Å². The van der Waals surface area contributed by atoms with Gasteiger partial charge in [0.2, 0.25) is 0 Å². The second-order valence-electron chi connectivity index (χ2n) is 8.34. The lowest BCUT2D eigenvalue weighted by atomic mass is 9.96. The Balaban J connectivity index is 1.20. The normalized spacial score (nSPS) is 29.6. The summed E-state index contributed by atoms with van der Waals surface area (Å²) in [7, 11) is -2.89. The summed E-state index contributed by atoms with van der Waals surface area (Å²) in [6.45, 7) is 0.267. The molecule has 3 amide bonds. The van der Waals surface area contributed by atoms with Gasteiger partial charge in [-0.05, 0) is 38.0 Å². The zero-order chi connectivity index (χ0) is 21.2. The third-order valence-electron chi connectivity index (χ3n) is 6.62. The fraction of sp³-hybridized carbons (Fsp3) is 0.706. The Labute approximate surface area is 172 Å². The first-order chi connectivity index (χ1) is 14.2. The Morgan fingerprint density at radius 1 is 1.27 bits per heavy atom. The number of nitrogens with one attached hydrogen (secondary N) is 1. The lowest BCUT2D eigenvalue weighted by Gasteiger charge is -2.28. The summed E-state index contributed by atoms with van der Waals surface area (Å²) in [5, 5.41) is 5.16. The molecule has 3 fully saturated rings. The van der Waals surface area contributed by atoms with Crippen LogP contribution in [0.4, 0.5) is 4.79 Å². The van der Waals surface area contributed by atoms with Crippen molar-refractivity contribution < 1.29 is 31.7 Å². The van der Waals surface area contributed by atoms with Crippen molar-refractivity contribution in [2.24, 2.45) is 7.05 Å². The minimum atomic E-state index is -4.82. The third kappa shape index (κ3) is 3.16. The van der Waals surface area contributed by atoms with Crippen LogP contribution in [-0.2, 0) is 38.0 Å². The smallest absolute Gasteiger partial charge is 0.309 e. The van der Waals surface area contributed by atoms with Crippen molar-refractivity contribution >= 4 is 22.3 Å².